The lowest BCUT2D eigenvalue weighted by Crippen LogP contribution is -2.43. The first-order valence-electron chi connectivity index (χ1n) is 7.29. The molecule has 25 heavy (non-hydrogen) atoms. The van der Waals surface area contributed by atoms with Crippen LogP contribution in [0.15, 0.2) is 60.7 Å². The van der Waals surface area contributed by atoms with E-state index in [-0.39, 0.29) is 0 Å². The molecule has 0 unspecified atom stereocenters. The summed E-state index contributed by atoms with van der Waals surface area (Å²) in [5, 5.41) is 0.496. The molecule has 0 aliphatic rings. The van der Waals surface area contributed by atoms with Crippen molar-refractivity contribution < 1.29 is 19.1 Å². The third-order valence-electron chi connectivity index (χ3n) is 2.98. The van der Waals surface area contributed by atoms with Gasteiger partial charge in [-0.1, -0.05) is 41.9 Å². The Kier molecular flexibility index (Phi) is 6.74. The molecule has 2 rings (SSSR count). The molecule has 128 valence electrons. The second-order valence-corrected chi connectivity index (χ2v) is 5.30. The van der Waals surface area contributed by atoms with Gasteiger partial charge in [0.25, 0.3) is 11.8 Å². The summed E-state index contributed by atoms with van der Waals surface area (Å²) in [6.45, 7) is -0.515. The maximum Gasteiger partial charge on any atom is 0.331 e. The zero-order valence-corrected chi connectivity index (χ0v) is 13.8. The predicted octanol–water partition coefficient (Wildman–Crippen LogP) is 2.36. The fourth-order valence-corrected chi connectivity index (χ4v) is 1.88. The molecule has 0 saturated heterocycles. The van der Waals surface area contributed by atoms with Crippen LogP contribution in [-0.2, 0) is 14.3 Å². The van der Waals surface area contributed by atoms with Crippen LogP contribution in [0.1, 0.15) is 15.9 Å². The van der Waals surface area contributed by atoms with Gasteiger partial charge in [-0.25, -0.2) is 4.79 Å². The Labute approximate surface area is 149 Å². The number of nitrogens with one attached hydrogen (secondary N) is 2. The molecule has 0 fully saturated rings. The number of rotatable bonds is 5. The molecule has 0 bridgehead atoms. The van der Waals surface area contributed by atoms with Crippen molar-refractivity contribution in [1.29, 1.82) is 0 Å². The maximum absolute atomic E-state index is 11.8. The summed E-state index contributed by atoms with van der Waals surface area (Å²) in [6.07, 6.45) is 2.79. The van der Waals surface area contributed by atoms with E-state index < -0.39 is 24.4 Å². The Morgan fingerprint density at radius 1 is 0.960 bits per heavy atom. The van der Waals surface area contributed by atoms with Gasteiger partial charge in [0.2, 0.25) is 0 Å². The molecule has 2 aromatic rings. The van der Waals surface area contributed by atoms with E-state index in [1.54, 1.807) is 18.2 Å². The van der Waals surface area contributed by atoms with Crippen molar-refractivity contribution in [2.45, 2.75) is 0 Å². The van der Waals surface area contributed by atoms with Crippen LogP contribution < -0.4 is 10.9 Å². The number of hydrogen-bond donors (Lipinski definition) is 2. The molecular formula is C18H15ClN2O4. The average molecular weight is 359 g/mol. The molecule has 0 spiro atoms. The van der Waals surface area contributed by atoms with E-state index >= 15 is 0 Å². The summed E-state index contributed by atoms with van der Waals surface area (Å²) in [7, 11) is 0. The maximum atomic E-state index is 11.8. The van der Waals surface area contributed by atoms with Crippen molar-refractivity contribution in [2.24, 2.45) is 0 Å². The first-order valence-corrected chi connectivity index (χ1v) is 7.67. The van der Waals surface area contributed by atoms with Crippen molar-refractivity contribution in [3.8, 4) is 0 Å². The molecule has 0 aliphatic carbocycles. The second kappa shape index (κ2) is 9.24. The van der Waals surface area contributed by atoms with Gasteiger partial charge >= 0.3 is 5.97 Å². The number of esters is 1. The molecule has 0 heterocycles. The lowest BCUT2D eigenvalue weighted by Gasteiger charge is -2.07. The van der Waals surface area contributed by atoms with Crippen LogP contribution in [0.25, 0.3) is 6.08 Å². The summed E-state index contributed by atoms with van der Waals surface area (Å²) >= 11 is 5.72. The standard InChI is InChI=1S/C18H15ClN2O4/c19-15-9-7-14(8-10-15)18(24)21-20-16(22)12-25-17(23)11-6-13-4-2-1-3-5-13/h1-11H,12H2,(H,20,22)(H,21,24)/b11-6+. The Morgan fingerprint density at radius 3 is 2.32 bits per heavy atom. The molecule has 0 aliphatic heterocycles. The van der Waals surface area contributed by atoms with Crippen LogP contribution in [0, 0.1) is 0 Å². The highest BCUT2D eigenvalue weighted by Crippen LogP contribution is 2.08. The Bertz CT molecular complexity index is 773. The normalized spacial score (nSPS) is 10.3. The molecule has 0 radical (unpaired) electrons. The molecule has 2 aromatic carbocycles. The van der Waals surface area contributed by atoms with Gasteiger partial charge in [0.15, 0.2) is 6.61 Å². The topological polar surface area (TPSA) is 84.5 Å². The highest BCUT2D eigenvalue weighted by molar-refractivity contribution is 6.30. The van der Waals surface area contributed by atoms with Crippen LogP contribution >= 0.6 is 11.6 Å². The van der Waals surface area contributed by atoms with Crippen LogP contribution in [-0.4, -0.2) is 24.4 Å². The molecule has 0 atom stereocenters. The van der Waals surface area contributed by atoms with E-state index in [1.165, 1.54) is 18.2 Å². The van der Waals surface area contributed by atoms with E-state index in [4.69, 9.17) is 16.3 Å². The summed E-state index contributed by atoms with van der Waals surface area (Å²) in [5.74, 6) is -1.84. The third-order valence-corrected chi connectivity index (χ3v) is 3.23. The van der Waals surface area contributed by atoms with Crippen LogP contribution in [0.5, 0.6) is 0 Å². The van der Waals surface area contributed by atoms with Gasteiger partial charge < -0.3 is 4.74 Å². The van der Waals surface area contributed by atoms with Gasteiger partial charge in [0.1, 0.15) is 0 Å². The minimum absolute atomic E-state index is 0.326. The van der Waals surface area contributed by atoms with Gasteiger partial charge in [-0.15, -0.1) is 0 Å². The van der Waals surface area contributed by atoms with E-state index in [9.17, 15) is 14.4 Å². The molecule has 6 nitrogen and oxygen atoms in total. The lowest BCUT2D eigenvalue weighted by atomic mass is 10.2. The molecular weight excluding hydrogens is 344 g/mol. The minimum Gasteiger partial charge on any atom is -0.452 e. The fraction of sp³-hybridized carbons (Fsp3) is 0.0556. The van der Waals surface area contributed by atoms with Gasteiger partial charge in [0.05, 0.1) is 0 Å². The molecule has 0 aromatic heterocycles. The number of ether oxygens (including phenoxy) is 1. The van der Waals surface area contributed by atoms with Crippen LogP contribution in [0.4, 0.5) is 0 Å². The Morgan fingerprint density at radius 2 is 1.64 bits per heavy atom. The SMILES string of the molecule is O=C(COC(=O)/C=C/c1ccccc1)NNC(=O)c1ccc(Cl)cc1. The van der Waals surface area contributed by atoms with E-state index in [1.807, 2.05) is 30.3 Å². The molecule has 2 amide bonds. The zero-order chi connectivity index (χ0) is 18.1. The van der Waals surface area contributed by atoms with Crippen LogP contribution in [0.3, 0.4) is 0 Å². The summed E-state index contributed by atoms with van der Waals surface area (Å²) in [5.41, 5.74) is 5.52. The molecule has 0 saturated carbocycles. The predicted molar refractivity (Wildman–Crippen MR) is 93.5 cm³/mol. The molecule has 7 heteroatoms. The van der Waals surface area contributed by atoms with E-state index in [0.717, 1.165) is 5.56 Å². The number of hydrogen-bond acceptors (Lipinski definition) is 4. The number of carbonyl (C=O) groups is 3. The summed E-state index contributed by atoms with van der Waals surface area (Å²) in [6, 6.07) is 15.3. The number of benzene rings is 2. The van der Waals surface area contributed by atoms with Crippen molar-refractivity contribution in [3.63, 3.8) is 0 Å². The smallest absolute Gasteiger partial charge is 0.331 e. The van der Waals surface area contributed by atoms with Crippen molar-refractivity contribution >= 4 is 35.5 Å². The summed E-state index contributed by atoms with van der Waals surface area (Å²) in [4.78, 5) is 34.9. The van der Waals surface area contributed by atoms with Crippen LogP contribution in [0.2, 0.25) is 5.02 Å². The number of halogens is 1. The highest BCUT2D eigenvalue weighted by atomic mass is 35.5. The number of amides is 2. The van der Waals surface area contributed by atoms with Gasteiger partial charge in [0, 0.05) is 16.7 Å². The summed E-state index contributed by atoms with van der Waals surface area (Å²) < 4.78 is 4.77. The lowest BCUT2D eigenvalue weighted by molar-refractivity contribution is -0.144. The number of hydrazine groups is 1. The van der Waals surface area contributed by atoms with Crippen molar-refractivity contribution in [2.75, 3.05) is 6.61 Å². The van der Waals surface area contributed by atoms with Gasteiger partial charge in [-0.2, -0.15) is 0 Å². The van der Waals surface area contributed by atoms with Crippen molar-refractivity contribution in [1.82, 2.24) is 10.9 Å². The second-order valence-electron chi connectivity index (χ2n) is 4.86. The monoisotopic (exact) mass is 358 g/mol. The van der Waals surface area contributed by atoms with E-state index in [2.05, 4.69) is 10.9 Å². The zero-order valence-electron chi connectivity index (χ0n) is 13.1. The average Bonchev–Trinajstić information content (AvgIpc) is 2.64. The quantitative estimate of drug-likeness (QED) is 0.488. The van der Waals surface area contributed by atoms with Crippen molar-refractivity contribution in [3.05, 3.63) is 76.8 Å². The largest absolute Gasteiger partial charge is 0.452 e. The van der Waals surface area contributed by atoms with Gasteiger partial charge in [-0.05, 0) is 35.9 Å². The Balaban J connectivity index is 1.71. The highest BCUT2D eigenvalue weighted by Gasteiger charge is 2.08. The fourth-order valence-electron chi connectivity index (χ4n) is 1.75. The first-order chi connectivity index (χ1) is 12.0. The first kappa shape index (κ1) is 18.2. The molecule has 2 N–H and O–H groups in total. The Hall–Kier alpha value is -3.12. The number of carbonyl (C=O) groups excluding carboxylic acids is 3. The van der Waals surface area contributed by atoms with Gasteiger partial charge in [-0.3, -0.25) is 20.4 Å². The minimum atomic E-state index is -0.664. The van der Waals surface area contributed by atoms with E-state index in [0.29, 0.717) is 10.6 Å². The third kappa shape index (κ3) is 6.48.